The second kappa shape index (κ2) is 14.1. The van der Waals surface area contributed by atoms with Crippen molar-refractivity contribution in [3.63, 3.8) is 0 Å². The zero-order chi connectivity index (χ0) is 20.8. The van der Waals surface area contributed by atoms with Gasteiger partial charge in [-0.15, -0.1) is 0 Å². The fraction of sp³-hybridized carbons (Fsp3) is 0.619. The molecule has 0 amide bonds. The van der Waals surface area contributed by atoms with Crippen LogP contribution < -0.4 is 11.1 Å². The number of nitrogens with one attached hydrogen (secondary N) is 2. The lowest BCUT2D eigenvalue weighted by atomic mass is 10.1. The van der Waals surface area contributed by atoms with E-state index in [0.717, 1.165) is 24.9 Å². The summed E-state index contributed by atoms with van der Waals surface area (Å²) in [6.07, 6.45) is 7.13. The van der Waals surface area contributed by atoms with E-state index in [1.807, 2.05) is 27.1 Å². The lowest BCUT2D eigenvalue weighted by Crippen LogP contribution is -2.17. The fourth-order valence-electron chi connectivity index (χ4n) is 3.15. The minimum absolute atomic E-state index is 0.213. The van der Waals surface area contributed by atoms with Gasteiger partial charge in [-0.1, -0.05) is 13.8 Å². The maximum absolute atomic E-state index is 9.69. The topological polar surface area (TPSA) is 96.3 Å². The molecule has 7 nitrogen and oxygen atoms in total. The van der Waals surface area contributed by atoms with Gasteiger partial charge in [0, 0.05) is 43.0 Å². The number of aromatic amines is 1. The van der Waals surface area contributed by atoms with Crippen molar-refractivity contribution in [2.24, 2.45) is 5.73 Å². The number of carbonyl (C=O) groups excluding carboxylic acids is 1. The van der Waals surface area contributed by atoms with Crippen LogP contribution in [0.2, 0.25) is 0 Å². The number of likely N-dealkylation sites (tertiary alicyclic amines) is 1. The van der Waals surface area contributed by atoms with Gasteiger partial charge in [-0.25, -0.2) is 4.98 Å². The molecule has 1 atom stereocenters. The third-order valence-electron chi connectivity index (χ3n) is 4.59. The molecule has 28 heavy (non-hydrogen) atoms. The molecule has 4 N–H and O–H groups in total. The molecule has 3 heterocycles. The molecule has 0 spiro atoms. The minimum atomic E-state index is 0.213. The summed E-state index contributed by atoms with van der Waals surface area (Å²) in [6, 6.07) is 4.84. The van der Waals surface area contributed by atoms with E-state index in [4.69, 9.17) is 10.5 Å². The molecule has 0 aliphatic carbocycles. The summed E-state index contributed by atoms with van der Waals surface area (Å²) < 4.78 is 4.86. The monoisotopic (exact) mass is 391 g/mol. The van der Waals surface area contributed by atoms with Crippen LogP contribution in [0, 0.1) is 0 Å². The fourth-order valence-corrected chi connectivity index (χ4v) is 3.15. The number of unbranched alkanes of at least 4 members (excludes halogenated alkanes) is 1. The highest BCUT2D eigenvalue weighted by atomic mass is 16.5. The first-order valence-electron chi connectivity index (χ1n) is 10.3. The summed E-state index contributed by atoms with van der Waals surface area (Å²) in [5.74, 6) is 0.908. The molecule has 0 aromatic carbocycles. The van der Waals surface area contributed by atoms with Crippen LogP contribution in [-0.2, 0) is 9.53 Å². The Hall–Kier alpha value is -1.96. The predicted molar refractivity (Wildman–Crippen MR) is 117 cm³/mol. The van der Waals surface area contributed by atoms with Crippen molar-refractivity contribution in [3.05, 3.63) is 24.0 Å². The zero-order valence-corrected chi connectivity index (χ0v) is 17.8. The molecule has 1 saturated heterocycles. The molecule has 1 fully saturated rings. The first-order valence-corrected chi connectivity index (χ1v) is 10.3. The molecule has 0 saturated carbocycles. The maximum Gasteiger partial charge on any atom is 0.145 e. The standard InChI is InChI=1S/C13H18N4.C6H13NO2.C2H6/c1-14-13-7-10-9(8-15-13)6-11(16-10)12-4-3-5-17(12)2;7-3-1-2-5-9-6-4-8;1-2/h6-8,12,16H,3-5H2,1-2H3,(H,14,15);4H,1-3,5-7H2;1-2H3. The van der Waals surface area contributed by atoms with Gasteiger partial charge in [0.2, 0.25) is 0 Å². The normalized spacial score (nSPS) is 16.1. The van der Waals surface area contributed by atoms with Crippen LogP contribution >= 0.6 is 0 Å². The summed E-state index contributed by atoms with van der Waals surface area (Å²) in [7, 11) is 4.09. The third kappa shape index (κ3) is 7.58. The van der Waals surface area contributed by atoms with Crippen molar-refractivity contribution < 1.29 is 9.53 Å². The number of aldehydes is 1. The Morgan fingerprint density at radius 3 is 2.79 bits per heavy atom. The summed E-state index contributed by atoms with van der Waals surface area (Å²) in [4.78, 5) is 20.0. The molecule has 0 bridgehead atoms. The molecular formula is C21H37N5O2. The Kier molecular flexibility index (Phi) is 12.1. The first kappa shape index (κ1) is 24.1. The van der Waals surface area contributed by atoms with E-state index >= 15 is 0 Å². The molecule has 1 unspecified atom stereocenters. The molecule has 7 heteroatoms. The van der Waals surface area contributed by atoms with Gasteiger partial charge in [-0.05, 0) is 51.9 Å². The van der Waals surface area contributed by atoms with Gasteiger partial charge < -0.3 is 25.6 Å². The Bertz CT molecular complexity index is 674. The average molecular weight is 392 g/mol. The number of pyridine rings is 1. The summed E-state index contributed by atoms with van der Waals surface area (Å²) >= 11 is 0. The largest absolute Gasteiger partial charge is 0.374 e. The van der Waals surface area contributed by atoms with Crippen molar-refractivity contribution in [1.29, 1.82) is 0 Å². The average Bonchev–Trinajstić information content (AvgIpc) is 3.34. The van der Waals surface area contributed by atoms with E-state index in [0.29, 0.717) is 19.2 Å². The quantitative estimate of drug-likeness (QED) is 0.472. The Balaban J connectivity index is 0.000000306. The van der Waals surface area contributed by atoms with E-state index in [2.05, 4.69) is 39.4 Å². The highest BCUT2D eigenvalue weighted by Crippen LogP contribution is 2.31. The van der Waals surface area contributed by atoms with Gasteiger partial charge >= 0.3 is 0 Å². The van der Waals surface area contributed by atoms with Crippen LogP contribution in [-0.4, -0.2) is 61.6 Å². The van der Waals surface area contributed by atoms with Gasteiger partial charge in [0.15, 0.2) is 0 Å². The molecule has 1 aliphatic rings. The number of aromatic nitrogens is 2. The van der Waals surface area contributed by atoms with Crippen molar-refractivity contribution in [3.8, 4) is 0 Å². The van der Waals surface area contributed by atoms with Crippen LogP contribution in [0.4, 0.5) is 5.82 Å². The van der Waals surface area contributed by atoms with Crippen molar-refractivity contribution >= 4 is 23.0 Å². The number of nitrogens with two attached hydrogens (primary N) is 1. The van der Waals surface area contributed by atoms with E-state index < -0.39 is 0 Å². The van der Waals surface area contributed by atoms with Crippen LogP contribution in [0.25, 0.3) is 10.9 Å². The van der Waals surface area contributed by atoms with Crippen LogP contribution in [0.3, 0.4) is 0 Å². The number of hydrogen-bond acceptors (Lipinski definition) is 6. The number of hydrogen-bond donors (Lipinski definition) is 3. The number of anilines is 1. The minimum Gasteiger partial charge on any atom is -0.374 e. The Morgan fingerprint density at radius 1 is 1.39 bits per heavy atom. The number of rotatable bonds is 8. The molecule has 3 rings (SSSR count). The van der Waals surface area contributed by atoms with Gasteiger partial charge in [0.25, 0.3) is 0 Å². The van der Waals surface area contributed by atoms with E-state index in [1.54, 1.807) is 0 Å². The smallest absolute Gasteiger partial charge is 0.145 e. The number of ether oxygens (including phenoxy) is 1. The summed E-state index contributed by atoms with van der Waals surface area (Å²) in [6.45, 7) is 6.75. The molecule has 2 aromatic rings. The molecule has 1 aliphatic heterocycles. The van der Waals surface area contributed by atoms with E-state index in [-0.39, 0.29) is 6.61 Å². The molecule has 2 aromatic heterocycles. The van der Waals surface area contributed by atoms with Crippen molar-refractivity contribution in [2.75, 3.05) is 45.7 Å². The highest BCUT2D eigenvalue weighted by Gasteiger charge is 2.23. The van der Waals surface area contributed by atoms with Crippen LogP contribution in [0.5, 0.6) is 0 Å². The van der Waals surface area contributed by atoms with Crippen molar-refractivity contribution in [1.82, 2.24) is 14.9 Å². The van der Waals surface area contributed by atoms with Gasteiger partial charge in [0.1, 0.15) is 18.7 Å². The summed E-state index contributed by atoms with van der Waals surface area (Å²) in [5, 5.41) is 4.26. The third-order valence-corrected chi connectivity index (χ3v) is 4.59. The lowest BCUT2D eigenvalue weighted by molar-refractivity contribution is -0.111. The summed E-state index contributed by atoms with van der Waals surface area (Å²) in [5.41, 5.74) is 7.70. The van der Waals surface area contributed by atoms with Gasteiger partial charge in [-0.2, -0.15) is 0 Å². The predicted octanol–water partition coefficient (Wildman–Crippen LogP) is 3.34. The van der Waals surface area contributed by atoms with E-state index in [9.17, 15) is 4.79 Å². The van der Waals surface area contributed by atoms with Crippen molar-refractivity contribution in [2.45, 2.75) is 45.6 Å². The van der Waals surface area contributed by atoms with Crippen LogP contribution in [0.15, 0.2) is 18.3 Å². The highest BCUT2D eigenvalue weighted by molar-refractivity contribution is 5.81. The second-order valence-corrected chi connectivity index (χ2v) is 6.51. The number of H-pyrrole nitrogens is 1. The first-order chi connectivity index (χ1) is 13.7. The number of carbonyl (C=O) groups is 1. The Morgan fingerprint density at radius 2 is 2.18 bits per heavy atom. The van der Waals surface area contributed by atoms with Gasteiger partial charge in [-0.3, -0.25) is 4.90 Å². The lowest BCUT2D eigenvalue weighted by Gasteiger charge is -2.17. The zero-order valence-electron chi connectivity index (χ0n) is 17.8. The Labute approximate surface area is 169 Å². The second-order valence-electron chi connectivity index (χ2n) is 6.51. The molecular weight excluding hydrogens is 354 g/mol. The maximum atomic E-state index is 9.69. The SMILES string of the molecule is CC.CNc1cc2[nH]c(C3CCCN3C)cc2cn1.NCCCCOCC=O. The van der Waals surface area contributed by atoms with Crippen LogP contribution in [0.1, 0.15) is 51.3 Å². The number of fused-ring (bicyclic) bond motifs is 1. The molecule has 158 valence electrons. The van der Waals surface area contributed by atoms with Gasteiger partial charge in [0.05, 0.1) is 5.52 Å². The number of nitrogens with zero attached hydrogens (tertiary/aromatic N) is 2. The molecule has 0 radical (unpaired) electrons. The van der Waals surface area contributed by atoms with E-state index in [1.165, 1.54) is 36.0 Å².